The first-order valence-electron chi connectivity index (χ1n) is 7.39. The number of carbonyl (C=O) groups is 1. The molecule has 3 heterocycles. The van der Waals surface area contributed by atoms with Crippen LogP contribution >= 0.6 is 22.7 Å². The van der Waals surface area contributed by atoms with E-state index in [0.717, 1.165) is 26.5 Å². The van der Waals surface area contributed by atoms with Gasteiger partial charge in [-0.2, -0.15) is 0 Å². The molecule has 0 aliphatic carbocycles. The first kappa shape index (κ1) is 15.0. The van der Waals surface area contributed by atoms with Crippen LogP contribution in [0.15, 0.2) is 54.0 Å². The van der Waals surface area contributed by atoms with E-state index in [1.54, 1.807) is 17.5 Å². The zero-order valence-corrected chi connectivity index (χ0v) is 14.4. The summed E-state index contributed by atoms with van der Waals surface area (Å²) >= 11 is 3.04. The second kappa shape index (κ2) is 6.14. The van der Waals surface area contributed by atoms with Crippen LogP contribution in [0.4, 0.5) is 5.69 Å². The van der Waals surface area contributed by atoms with Crippen molar-refractivity contribution >= 4 is 45.2 Å². The highest BCUT2D eigenvalue weighted by Gasteiger charge is 2.17. The smallest absolute Gasteiger partial charge is 0.267 e. The largest absolute Gasteiger partial charge is 0.319 e. The molecule has 4 nitrogen and oxygen atoms in total. The molecular formula is C18H13N3OS2. The van der Waals surface area contributed by atoms with E-state index < -0.39 is 0 Å². The number of para-hydroxylation sites is 1. The van der Waals surface area contributed by atoms with Gasteiger partial charge in [-0.05, 0) is 30.5 Å². The number of carbonyl (C=O) groups excluding carboxylic acids is 1. The fraction of sp³-hybridized carbons (Fsp3) is 0.0556. The van der Waals surface area contributed by atoms with Gasteiger partial charge in [-0.15, -0.1) is 22.7 Å². The van der Waals surface area contributed by atoms with Crippen LogP contribution in [0.2, 0.25) is 0 Å². The van der Waals surface area contributed by atoms with Crippen LogP contribution in [0.5, 0.6) is 0 Å². The summed E-state index contributed by atoms with van der Waals surface area (Å²) in [6.45, 7) is 1.86. The molecule has 0 fully saturated rings. The molecule has 6 heteroatoms. The second-order valence-electron chi connectivity index (χ2n) is 5.25. The normalized spacial score (nSPS) is 10.9. The summed E-state index contributed by atoms with van der Waals surface area (Å²) < 4.78 is 0. The minimum Gasteiger partial charge on any atom is -0.319 e. The van der Waals surface area contributed by atoms with E-state index in [-0.39, 0.29) is 5.91 Å². The molecule has 0 unspecified atom stereocenters. The Morgan fingerprint density at radius 2 is 2.00 bits per heavy atom. The van der Waals surface area contributed by atoms with Crippen molar-refractivity contribution in [3.05, 3.63) is 64.6 Å². The molecular weight excluding hydrogens is 338 g/mol. The van der Waals surface area contributed by atoms with Gasteiger partial charge in [0.1, 0.15) is 9.88 Å². The lowest BCUT2D eigenvalue weighted by Crippen LogP contribution is -2.12. The molecule has 0 bridgehead atoms. The molecule has 1 N–H and O–H groups in total. The van der Waals surface area contributed by atoms with Crippen LogP contribution in [-0.4, -0.2) is 15.9 Å². The highest BCUT2D eigenvalue weighted by Crippen LogP contribution is 2.31. The minimum atomic E-state index is -0.147. The number of nitrogens with zero attached hydrogens (tertiary/aromatic N) is 2. The van der Waals surface area contributed by atoms with Crippen molar-refractivity contribution in [1.82, 2.24) is 9.97 Å². The van der Waals surface area contributed by atoms with Crippen molar-refractivity contribution in [1.29, 1.82) is 0 Å². The lowest BCUT2D eigenvalue weighted by atomic mass is 10.2. The standard InChI is InChI=1S/C18H13N3OS2/c1-11-16(24-18(20-11)14-8-4-10-23-14)17(22)21-13-7-2-5-12-6-3-9-19-15(12)13/h2-10H,1H3,(H,21,22). The van der Waals surface area contributed by atoms with Crippen LogP contribution in [0.1, 0.15) is 15.4 Å². The number of thiazole rings is 1. The van der Waals surface area contributed by atoms with Gasteiger partial charge in [0.2, 0.25) is 0 Å². The number of fused-ring (bicyclic) bond motifs is 1. The monoisotopic (exact) mass is 351 g/mol. The van der Waals surface area contributed by atoms with Gasteiger partial charge in [0.05, 0.1) is 21.8 Å². The number of benzene rings is 1. The van der Waals surface area contributed by atoms with Crippen molar-refractivity contribution in [3.8, 4) is 9.88 Å². The molecule has 1 amide bonds. The molecule has 1 aromatic carbocycles. The molecule has 3 aromatic heterocycles. The average molecular weight is 351 g/mol. The van der Waals surface area contributed by atoms with E-state index in [1.807, 2.05) is 54.8 Å². The van der Waals surface area contributed by atoms with Gasteiger partial charge in [0, 0.05) is 11.6 Å². The molecule has 118 valence electrons. The molecule has 0 radical (unpaired) electrons. The zero-order chi connectivity index (χ0) is 16.5. The topological polar surface area (TPSA) is 54.9 Å². The fourth-order valence-electron chi connectivity index (χ4n) is 2.50. The van der Waals surface area contributed by atoms with Crippen molar-refractivity contribution in [3.63, 3.8) is 0 Å². The average Bonchev–Trinajstić information content (AvgIpc) is 3.24. The number of nitrogens with one attached hydrogen (secondary N) is 1. The van der Waals surface area contributed by atoms with Crippen LogP contribution in [0, 0.1) is 6.92 Å². The summed E-state index contributed by atoms with van der Waals surface area (Å²) in [7, 11) is 0. The predicted molar refractivity (Wildman–Crippen MR) is 99.9 cm³/mol. The highest BCUT2D eigenvalue weighted by molar-refractivity contribution is 7.22. The maximum Gasteiger partial charge on any atom is 0.267 e. The first-order valence-corrected chi connectivity index (χ1v) is 9.08. The summed E-state index contributed by atoms with van der Waals surface area (Å²) in [6.07, 6.45) is 1.73. The third-order valence-electron chi connectivity index (χ3n) is 3.62. The number of pyridine rings is 1. The number of amides is 1. The summed E-state index contributed by atoms with van der Waals surface area (Å²) in [5.41, 5.74) is 2.24. The summed E-state index contributed by atoms with van der Waals surface area (Å²) in [5.74, 6) is -0.147. The van der Waals surface area contributed by atoms with E-state index >= 15 is 0 Å². The van der Waals surface area contributed by atoms with E-state index in [0.29, 0.717) is 10.6 Å². The zero-order valence-electron chi connectivity index (χ0n) is 12.8. The van der Waals surface area contributed by atoms with Crippen LogP contribution in [-0.2, 0) is 0 Å². The SMILES string of the molecule is Cc1nc(-c2cccs2)sc1C(=O)Nc1cccc2cccnc12. The number of thiophene rings is 1. The Bertz CT molecular complexity index is 1020. The Balaban J connectivity index is 1.67. The molecule has 0 aliphatic rings. The number of hydrogen-bond acceptors (Lipinski definition) is 5. The molecule has 0 aliphatic heterocycles. The maximum atomic E-state index is 12.7. The van der Waals surface area contributed by atoms with E-state index in [9.17, 15) is 4.79 Å². The van der Waals surface area contributed by atoms with Gasteiger partial charge in [-0.25, -0.2) is 4.98 Å². The second-order valence-corrected chi connectivity index (χ2v) is 7.19. The highest BCUT2D eigenvalue weighted by atomic mass is 32.1. The van der Waals surface area contributed by atoms with Gasteiger partial charge in [-0.3, -0.25) is 9.78 Å². The van der Waals surface area contributed by atoms with E-state index in [2.05, 4.69) is 15.3 Å². The van der Waals surface area contributed by atoms with Crippen LogP contribution < -0.4 is 5.32 Å². The number of hydrogen-bond donors (Lipinski definition) is 1. The number of aromatic nitrogens is 2. The van der Waals surface area contributed by atoms with Gasteiger partial charge in [0.25, 0.3) is 5.91 Å². The summed E-state index contributed by atoms with van der Waals surface area (Å²) in [4.78, 5) is 23.3. The molecule has 0 atom stereocenters. The minimum absolute atomic E-state index is 0.147. The number of rotatable bonds is 3. The third-order valence-corrected chi connectivity index (χ3v) is 5.81. The van der Waals surface area contributed by atoms with E-state index in [4.69, 9.17) is 0 Å². The Labute approximate surface area is 146 Å². The van der Waals surface area contributed by atoms with E-state index in [1.165, 1.54) is 11.3 Å². The molecule has 0 spiro atoms. The van der Waals surface area contributed by atoms with Gasteiger partial charge >= 0.3 is 0 Å². The van der Waals surface area contributed by atoms with Gasteiger partial charge in [-0.1, -0.05) is 24.3 Å². The number of anilines is 1. The maximum absolute atomic E-state index is 12.7. The van der Waals surface area contributed by atoms with Gasteiger partial charge in [0.15, 0.2) is 0 Å². The summed E-state index contributed by atoms with van der Waals surface area (Å²) in [5, 5.41) is 6.85. The quantitative estimate of drug-likeness (QED) is 0.566. The Morgan fingerprint density at radius 3 is 2.83 bits per heavy atom. The molecule has 24 heavy (non-hydrogen) atoms. The van der Waals surface area contributed by atoms with Crippen molar-refractivity contribution < 1.29 is 4.79 Å². The number of aryl methyl sites for hydroxylation is 1. The Kier molecular flexibility index (Phi) is 3.84. The lowest BCUT2D eigenvalue weighted by molar-refractivity contribution is 0.103. The molecule has 4 aromatic rings. The van der Waals surface area contributed by atoms with Crippen molar-refractivity contribution in [2.24, 2.45) is 0 Å². The lowest BCUT2D eigenvalue weighted by Gasteiger charge is -2.07. The summed E-state index contributed by atoms with van der Waals surface area (Å²) in [6, 6.07) is 13.6. The van der Waals surface area contributed by atoms with Crippen molar-refractivity contribution in [2.45, 2.75) is 6.92 Å². The fourth-order valence-corrected chi connectivity index (χ4v) is 4.26. The first-order chi connectivity index (χ1) is 11.7. The third kappa shape index (κ3) is 2.70. The Hall–Kier alpha value is -2.57. The molecule has 4 rings (SSSR count). The molecule has 0 saturated carbocycles. The Morgan fingerprint density at radius 1 is 1.12 bits per heavy atom. The van der Waals surface area contributed by atoms with Gasteiger partial charge < -0.3 is 5.32 Å². The van der Waals surface area contributed by atoms with Crippen LogP contribution in [0.25, 0.3) is 20.8 Å². The van der Waals surface area contributed by atoms with Crippen molar-refractivity contribution in [2.75, 3.05) is 5.32 Å². The molecule has 0 saturated heterocycles. The van der Waals surface area contributed by atoms with Crippen LogP contribution in [0.3, 0.4) is 0 Å². The predicted octanol–water partition coefficient (Wildman–Crippen LogP) is 4.98.